The number of hydrogen-bond acceptors (Lipinski definition) is 1. The van der Waals surface area contributed by atoms with E-state index in [2.05, 4.69) is 0 Å². The highest BCUT2D eigenvalue weighted by atomic mass is 127. The van der Waals surface area contributed by atoms with Crippen molar-refractivity contribution in [3.63, 3.8) is 0 Å². The van der Waals surface area contributed by atoms with Crippen LogP contribution in [0.25, 0.3) is 0 Å². The molecule has 0 spiro atoms. The van der Waals surface area contributed by atoms with Crippen LogP contribution in [0, 0.1) is 0 Å². The molecule has 1 aromatic rings. The van der Waals surface area contributed by atoms with Gasteiger partial charge in [0.15, 0.2) is 3.55 Å². The third-order valence-corrected chi connectivity index (χ3v) is 3.47. The summed E-state index contributed by atoms with van der Waals surface area (Å²) in [5.74, 6) is 0. The Labute approximate surface area is 109 Å². The Balaban J connectivity index is 3.10. The van der Waals surface area contributed by atoms with Crippen molar-refractivity contribution in [3.8, 4) is 0 Å². The molecule has 3 nitrogen and oxygen atoms in total. The first-order valence-electron chi connectivity index (χ1n) is 4.10. The predicted molar refractivity (Wildman–Crippen MR) is 64.3 cm³/mol. The van der Waals surface area contributed by atoms with Crippen LogP contribution < -0.4 is 5.32 Å². The maximum atomic E-state index is 12.9. The summed E-state index contributed by atoms with van der Waals surface area (Å²) in [4.78, 5) is 10.5. The van der Waals surface area contributed by atoms with Gasteiger partial charge >= 0.3 is 6.09 Å². The average Bonchev–Trinajstić information content (AvgIpc) is 2.17. The first-order chi connectivity index (χ1) is 7.36. The Kier molecular flexibility index (Phi) is 4.31. The third-order valence-electron chi connectivity index (χ3n) is 1.85. The van der Waals surface area contributed by atoms with Crippen LogP contribution in [-0.2, 0) is 3.55 Å². The Hall–Kier alpha value is -0.630. The van der Waals surface area contributed by atoms with Crippen molar-refractivity contribution in [1.29, 1.82) is 0 Å². The smallest absolute Gasteiger partial charge is 0.406 e. The van der Waals surface area contributed by atoms with Gasteiger partial charge in [0, 0.05) is 5.02 Å². The Bertz CT molecular complexity index is 388. The van der Waals surface area contributed by atoms with E-state index in [9.17, 15) is 13.6 Å². The van der Waals surface area contributed by atoms with Crippen LogP contribution in [0.5, 0.6) is 0 Å². The van der Waals surface area contributed by atoms with E-state index < -0.39 is 16.1 Å². The number of carbonyl (C=O) groups is 1. The van der Waals surface area contributed by atoms with Crippen molar-refractivity contribution in [3.05, 3.63) is 34.9 Å². The highest BCUT2D eigenvalue weighted by molar-refractivity contribution is 14.1. The first-order valence-corrected chi connectivity index (χ1v) is 5.56. The lowest BCUT2D eigenvalue weighted by atomic mass is 10.1. The van der Waals surface area contributed by atoms with E-state index in [1.165, 1.54) is 46.9 Å². The summed E-state index contributed by atoms with van der Waals surface area (Å²) in [6.45, 7) is 0. The molecule has 0 radical (unpaired) electrons. The van der Waals surface area contributed by atoms with Gasteiger partial charge in [-0.3, -0.25) is 5.32 Å². The van der Waals surface area contributed by atoms with E-state index >= 15 is 0 Å². The molecular weight excluding hydrogens is 354 g/mol. The lowest BCUT2D eigenvalue weighted by Crippen LogP contribution is -2.45. The second kappa shape index (κ2) is 5.13. The van der Waals surface area contributed by atoms with Gasteiger partial charge in [0.2, 0.25) is 0 Å². The van der Waals surface area contributed by atoms with Crippen LogP contribution in [-0.4, -0.2) is 17.6 Å². The predicted octanol–water partition coefficient (Wildman–Crippen LogP) is 3.46. The molecule has 7 heteroatoms. The van der Waals surface area contributed by atoms with Crippen LogP contribution in [0.4, 0.5) is 13.6 Å². The standard InChI is InChI=1S/C9H7ClF2INO2/c10-6-3-1-5(2-4-6)9(13,7(11)12)14-8(15)16/h1-4,7,14H,(H,15,16). The van der Waals surface area contributed by atoms with Crippen molar-refractivity contribution in [2.75, 3.05) is 0 Å². The number of rotatable bonds is 3. The number of amides is 1. The van der Waals surface area contributed by atoms with Crippen LogP contribution in [0.2, 0.25) is 5.02 Å². The molecule has 1 atom stereocenters. The average molecular weight is 362 g/mol. The molecule has 0 aliphatic rings. The van der Waals surface area contributed by atoms with E-state index in [0.717, 1.165) is 0 Å². The largest absolute Gasteiger partial charge is 0.465 e. The quantitative estimate of drug-likeness (QED) is 0.492. The normalized spacial score (nSPS) is 14.6. The summed E-state index contributed by atoms with van der Waals surface area (Å²) < 4.78 is 23.8. The molecular formula is C9H7ClF2INO2. The molecule has 0 fully saturated rings. The minimum absolute atomic E-state index is 0.148. The topological polar surface area (TPSA) is 49.3 Å². The summed E-state index contributed by atoms with van der Waals surface area (Å²) in [7, 11) is 0. The molecule has 16 heavy (non-hydrogen) atoms. The Morgan fingerprint density at radius 2 is 1.94 bits per heavy atom. The zero-order valence-electron chi connectivity index (χ0n) is 7.75. The Morgan fingerprint density at radius 1 is 1.44 bits per heavy atom. The molecule has 1 rings (SSSR count). The van der Waals surface area contributed by atoms with Gasteiger partial charge in [-0.15, -0.1) is 0 Å². The van der Waals surface area contributed by atoms with Gasteiger partial charge in [-0.2, -0.15) is 0 Å². The fourth-order valence-electron chi connectivity index (χ4n) is 1.10. The molecule has 1 unspecified atom stereocenters. The Morgan fingerprint density at radius 3 is 2.31 bits per heavy atom. The van der Waals surface area contributed by atoms with Gasteiger partial charge < -0.3 is 5.11 Å². The summed E-state index contributed by atoms with van der Waals surface area (Å²) in [5, 5.41) is 10.7. The maximum absolute atomic E-state index is 12.9. The minimum atomic E-state index is -2.87. The zero-order valence-corrected chi connectivity index (χ0v) is 10.7. The molecule has 2 N–H and O–H groups in total. The highest BCUT2D eigenvalue weighted by Gasteiger charge is 2.40. The monoisotopic (exact) mass is 361 g/mol. The second-order valence-electron chi connectivity index (χ2n) is 2.95. The number of halogens is 4. The number of benzene rings is 1. The van der Waals surface area contributed by atoms with Gasteiger partial charge in [0.1, 0.15) is 0 Å². The molecule has 0 saturated carbocycles. The summed E-state index contributed by atoms with van der Waals surface area (Å²) in [6, 6.07) is 5.57. The fraction of sp³-hybridized carbons (Fsp3) is 0.222. The van der Waals surface area contributed by atoms with Crippen molar-refractivity contribution in [1.82, 2.24) is 5.32 Å². The number of alkyl halides is 3. The van der Waals surface area contributed by atoms with E-state index in [-0.39, 0.29) is 5.56 Å². The lowest BCUT2D eigenvalue weighted by molar-refractivity contribution is 0.0856. The molecule has 0 heterocycles. The molecule has 0 aromatic heterocycles. The van der Waals surface area contributed by atoms with Crippen LogP contribution in [0.15, 0.2) is 24.3 Å². The highest BCUT2D eigenvalue weighted by Crippen LogP contribution is 2.35. The van der Waals surface area contributed by atoms with Gasteiger partial charge in [-0.05, 0) is 40.3 Å². The van der Waals surface area contributed by atoms with Crippen LogP contribution in [0.3, 0.4) is 0 Å². The number of hydrogen-bond donors (Lipinski definition) is 2. The van der Waals surface area contributed by atoms with Crippen molar-refractivity contribution in [2.24, 2.45) is 0 Å². The second-order valence-corrected chi connectivity index (χ2v) is 5.09. The van der Waals surface area contributed by atoms with E-state index in [0.29, 0.717) is 5.02 Å². The van der Waals surface area contributed by atoms with Gasteiger partial charge in [0.25, 0.3) is 6.43 Å². The maximum Gasteiger partial charge on any atom is 0.406 e. The molecule has 1 aromatic carbocycles. The summed E-state index contributed by atoms with van der Waals surface area (Å²) >= 11 is 6.99. The van der Waals surface area contributed by atoms with Crippen molar-refractivity contribution < 1.29 is 18.7 Å². The number of carboxylic acid groups (broad SMARTS) is 1. The van der Waals surface area contributed by atoms with E-state index in [1.54, 1.807) is 5.32 Å². The van der Waals surface area contributed by atoms with Gasteiger partial charge in [-0.1, -0.05) is 23.7 Å². The van der Waals surface area contributed by atoms with E-state index in [1.807, 2.05) is 0 Å². The third kappa shape index (κ3) is 2.94. The van der Waals surface area contributed by atoms with E-state index in [4.69, 9.17) is 16.7 Å². The van der Waals surface area contributed by atoms with Gasteiger partial charge in [0.05, 0.1) is 0 Å². The van der Waals surface area contributed by atoms with Crippen LogP contribution >= 0.6 is 34.2 Å². The molecule has 88 valence electrons. The van der Waals surface area contributed by atoms with Crippen molar-refractivity contribution in [2.45, 2.75) is 9.97 Å². The van der Waals surface area contributed by atoms with Crippen LogP contribution in [0.1, 0.15) is 5.56 Å². The lowest BCUT2D eigenvalue weighted by Gasteiger charge is -2.27. The molecule has 0 bridgehead atoms. The minimum Gasteiger partial charge on any atom is -0.465 e. The fourth-order valence-corrected chi connectivity index (χ4v) is 1.82. The van der Waals surface area contributed by atoms with Gasteiger partial charge in [-0.25, -0.2) is 13.6 Å². The summed E-state index contributed by atoms with van der Waals surface area (Å²) in [6.07, 6.45) is -4.38. The zero-order chi connectivity index (χ0) is 12.3. The molecule has 0 aliphatic heterocycles. The van der Waals surface area contributed by atoms with Crippen molar-refractivity contribution >= 4 is 40.3 Å². The molecule has 0 aliphatic carbocycles. The first kappa shape index (κ1) is 13.4. The SMILES string of the molecule is O=C(O)NC(I)(c1ccc(Cl)cc1)C(F)F. The number of nitrogens with one attached hydrogen (secondary N) is 1. The molecule has 1 amide bonds. The molecule has 0 saturated heterocycles. The summed E-state index contributed by atoms with van der Waals surface area (Å²) in [5.41, 5.74) is 0.148.